The van der Waals surface area contributed by atoms with E-state index in [9.17, 15) is 9.59 Å². The molecule has 5 rings (SSSR count). The van der Waals surface area contributed by atoms with Crippen LogP contribution in [0.2, 0.25) is 0 Å². The van der Waals surface area contributed by atoms with E-state index >= 15 is 0 Å². The standard InChI is InChI=1S/C25H26N6O2/c1-2-30-22-11-13-29(16-18-8-4-3-5-9-18)17-21(22)25(33)31-24(30)20(15-28-31)23(32)27-14-19-10-6-7-12-26-19/h3-10,12,15H,2,11,13-14,16-17H2,1H3,(H,27,32). The normalized spacial score (nSPS) is 13.7. The number of carbonyl (C=O) groups excluding carboxylic acids is 1. The third-order valence-electron chi connectivity index (χ3n) is 6.14. The van der Waals surface area contributed by atoms with Gasteiger partial charge in [-0.2, -0.15) is 9.61 Å². The van der Waals surface area contributed by atoms with Crippen molar-refractivity contribution in [1.29, 1.82) is 0 Å². The van der Waals surface area contributed by atoms with Crippen LogP contribution in [0.3, 0.4) is 0 Å². The van der Waals surface area contributed by atoms with Gasteiger partial charge in [-0.25, -0.2) is 0 Å². The van der Waals surface area contributed by atoms with Gasteiger partial charge in [0, 0.05) is 44.5 Å². The zero-order chi connectivity index (χ0) is 22.8. The molecule has 1 amide bonds. The van der Waals surface area contributed by atoms with Crippen molar-refractivity contribution in [3.63, 3.8) is 0 Å². The Labute approximate surface area is 191 Å². The number of aromatic nitrogens is 4. The van der Waals surface area contributed by atoms with E-state index in [1.165, 1.54) is 16.3 Å². The Kier molecular flexibility index (Phi) is 5.75. The average molecular weight is 443 g/mol. The van der Waals surface area contributed by atoms with E-state index in [1.54, 1.807) is 6.20 Å². The summed E-state index contributed by atoms with van der Waals surface area (Å²) in [5.74, 6) is -0.265. The fraction of sp³-hybridized carbons (Fsp3) is 0.280. The van der Waals surface area contributed by atoms with Crippen LogP contribution >= 0.6 is 0 Å². The molecule has 1 aliphatic rings. The Balaban J connectivity index is 1.46. The predicted molar refractivity (Wildman–Crippen MR) is 125 cm³/mol. The fourth-order valence-corrected chi connectivity index (χ4v) is 4.55. The number of benzene rings is 1. The van der Waals surface area contributed by atoms with E-state index in [1.807, 2.05) is 43.3 Å². The van der Waals surface area contributed by atoms with Crippen LogP contribution in [-0.4, -0.2) is 36.5 Å². The van der Waals surface area contributed by atoms with Crippen molar-refractivity contribution in [3.05, 3.63) is 99.4 Å². The first kappa shape index (κ1) is 21.1. The van der Waals surface area contributed by atoms with E-state index in [-0.39, 0.29) is 11.5 Å². The molecule has 8 nitrogen and oxygen atoms in total. The number of nitrogens with zero attached hydrogens (tertiary/aromatic N) is 5. The van der Waals surface area contributed by atoms with Gasteiger partial charge in [-0.3, -0.25) is 19.5 Å². The summed E-state index contributed by atoms with van der Waals surface area (Å²) in [5, 5.41) is 7.21. The molecular weight excluding hydrogens is 416 g/mol. The summed E-state index contributed by atoms with van der Waals surface area (Å²) < 4.78 is 3.45. The molecule has 1 N–H and O–H groups in total. The molecule has 8 heteroatoms. The van der Waals surface area contributed by atoms with Crippen LogP contribution in [0.25, 0.3) is 5.65 Å². The lowest BCUT2D eigenvalue weighted by Gasteiger charge is -2.30. The van der Waals surface area contributed by atoms with Gasteiger partial charge in [0.15, 0.2) is 5.65 Å². The molecule has 3 aromatic heterocycles. The van der Waals surface area contributed by atoms with Crippen molar-refractivity contribution in [2.75, 3.05) is 6.54 Å². The maximum atomic E-state index is 13.4. The molecule has 4 aromatic rings. The van der Waals surface area contributed by atoms with E-state index in [2.05, 4.69) is 37.0 Å². The summed E-state index contributed by atoms with van der Waals surface area (Å²) in [6.07, 6.45) is 3.94. The SMILES string of the molecule is CCn1c2c(c(=O)n3ncc(C(=O)NCc4ccccn4)c13)CN(Cc1ccccc1)CC2. The molecule has 0 radical (unpaired) electrons. The molecule has 0 atom stereocenters. The maximum absolute atomic E-state index is 13.4. The lowest BCUT2D eigenvalue weighted by Crippen LogP contribution is -2.38. The second-order valence-corrected chi connectivity index (χ2v) is 8.22. The number of rotatable bonds is 6. The van der Waals surface area contributed by atoms with Crippen LogP contribution in [0.4, 0.5) is 0 Å². The quantitative estimate of drug-likeness (QED) is 0.496. The summed E-state index contributed by atoms with van der Waals surface area (Å²) in [4.78, 5) is 32.9. The largest absolute Gasteiger partial charge is 0.346 e. The van der Waals surface area contributed by atoms with Crippen molar-refractivity contribution < 1.29 is 4.79 Å². The molecule has 1 aromatic carbocycles. The molecule has 0 aliphatic carbocycles. The van der Waals surface area contributed by atoms with Gasteiger partial charge in [0.25, 0.3) is 11.5 Å². The van der Waals surface area contributed by atoms with Gasteiger partial charge in [0.2, 0.25) is 0 Å². The first-order valence-electron chi connectivity index (χ1n) is 11.2. The van der Waals surface area contributed by atoms with Gasteiger partial charge >= 0.3 is 0 Å². The Morgan fingerprint density at radius 2 is 1.94 bits per heavy atom. The highest BCUT2D eigenvalue weighted by atomic mass is 16.2. The van der Waals surface area contributed by atoms with Crippen molar-refractivity contribution >= 4 is 11.6 Å². The molecule has 0 saturated heterocycles. The van der Waals surface area contributed by atoms with E-state index in [0.29, 0.717) is 30.8 Å². The Morgan fingerprint density at radius 3 is 2.70 bits per heavy atom. The van der Waals surface area contributed by atoms with Crippen LogP contribution in [-0.2, 0) is 32.6 Å². The zero-order valence-electron chi connectivity index (χ0n) is 18.6. The average Bonchev–Trinajstić information content (AvgIpc) is 3.30. The van der Waals surface area contributed by atoms with E-state index in [4.69, 9.17) is 0 Å². The highest BCUT2D eigenvalue weighted by Gasteiger charge is 2.27. The van der Waals surface area contributed by atoms with Gasteiger partial charge in [-0.15, -0.1) is 0 Å². The molecule has 168 valence electrons. The van der Waals surface area contributed by atoms with Crippen LogP contribution in [0.1, 0.15) is 39.8 Å². The van der Waals surface area contributed by atoms with Crippen LogP contribution in [0.15, 0.2) is 65.7 Å². The van der Waals surface area contributed by atoms with Gasteiger partial charge < -0.3 is 9.88 Å². The molecule has 0 unspecified atom stereocenters. The summed E-state index contributed by atoms with van der Waals surface area (Å²) in [5.41, 5.74) is 4.56. The summed E-state index contributed by atoms with van der Waals surface area (Å²) in [6, 6.07) is 15.9. The van der Waals surface area contributed by atoms with Crippen molar-refractivity contribution in [3.8, 4) is 0 Å². The first-order valence-corrected chi connectivity index (χ1v) is 11.2. The summed E-state index contributed by atoms with van der Waals surface area (Å²) in [7, 11) is 0. The van der Waals surface area contributed by atoms with Crippen LogP contribution in [0.5, 0.6) is 0 Å². The molecular formula is C25H26N6O2. The molecule has 33 heavy (non-hydrogen) atoms. The molecule has 0 bridgehead atoms. The number of hydrogen-bond donors (Lipinski definition) is 1. The van der Waals surface area contributed by atoms with E-state index < -0.39 is 0 Å². The van der Waals surface area contributed by atoms with Crippen LogP contribution in [0, 0.1) is 0 Å². The molecule has 0 spiro atoms. The highest BCUT2D eigenvalue weighted by molar-refractivity contribution is 5.99. The number of carbonyl (C=O) groups is 1. The van der Waals surface area contributed by atoms with Gasteiger partial charge in [0.05, 0.1) is 24.0 Å². The number of amides is 1. The lowest BCUT2D eigenvalue weighted by molar-refractivity contribution is 0.0951. The zero-order valence-corrected chi connectivity index (χ0v) is 18.6. The Hall–Kier alpha value is -3.78. The molecule has 0 fully saturated rings. The smallest absolute Gasteiger partial charge is 0.279 e. The summed E-state index contributed by atoms with van der Waals surface area (Å²) >= 11 is 0. The lowest BCUT2D eigenvalue weighted by atomic mass is 10.0. The topological polar surface area (TPSA) is 84.5 Å². The monoisotopic (exact) mass is 442 g/mol. The fourth-order valence-electron chi connectivity index (χ4n) is 4.55. The van der Waals surface area contributed by atoms with Crippen molar-refractivity contribution in [2.45, 2.75) is 39.5 Å². The van der Waals surface area contributed by atoms with Crippen molar-refractivity contribution in [2.24, 2.45) is 0 Å². The number of fused-ring (bicyclic) bond motifs is 2. The van der Waals surface area contributed by atoms with Gasteiger partial charge in [-0.1, -0.05) is 36.4 Å². The summed E-state index contributed by atoms with van der Waals surface area (Å²) in [6.45, 7) is 5.21. The number of aryl methyl sites for hydroxylation is 1. The Morgan fingerprint density at radius 1 is 1.12 bits per heavy atom. The Bertz CT molecular complexity index is 1340. The minimum Gasteiger partial charge on any atom is -0.346 e. The van der Waals surface area contributed by atoms with Crippen molar-refractivity contribution in [1.82, 2.24) is 29.4 Å². The minimum absolute atomic E-state index is 0.147. The number of hydrogen-bond acceptors (Lipinski definition) is 5. The first-order chi connectivity index (χ1) is 16.2. The second-order valence-electron chi connectivity index (χ2n) is 8.22. The second kappa shape index (κ2) is 8.99. The third kappa shape index (κ3) is 4.05. The highest BCUT2D eigenvalue weighted by Crippen LogP contribution is 2.22. The third-order valence-corrected chi connectivity index (χ3v) is 6.14. The predicted octanol–water partition coefficient (Wildman–Crippen LogP) is 2.40. The minimum atomic E-state index is -0.265. The number of pyridine rings is 1. The van der Waals surface area contributed by atoms with Gasteiger partial charge in [-0.05, 0) is 24.6 Å². The number of nitrogens with one attached hydrogen (secondary N) is 1. The molecule has 1 aliphatic heterocycles. The van der Waals surface area contributed by atoms with Crippen LogP contribution < -0.4 is 10.9 Å². The maximum Gasteiger partial charge on any atom is 0.279 e. The van der Waals surface area contributed by atoms with E-state index in [0.717, 1.165) is 36.5 Å². The molecule has 0 saturated carbocycles. The molecule has 4 heterocycles. The van der Waals surface area contributed by atoms with Gasteiger partial charge in [0.1, 0.15) is 5.56 Å².